The number of alkyl carbamates (subject to hydrolysis) is 1. The zero-order chi connectivity index (χ0) is 25.5. The van der Waals surface area contributed by atoms with Gasteiger partial charge in [-0.1, -0.05) is 76.2 Å². The summed E-state index contributed by atoms with van der Waals surface area (Å²) in [5, 5.41) is 14.8. The topological polar surface area (TPSA) is 105 Å². The van der Waals surface area contributed by atoms with Crippen LogP contribution in [0.1, 0.15) is 57.6 Å². The van der Waals surface area contributed by atoms with Crippen molar-refractivity contribution in [2.45, 2.75) is 52.5 Å². The summed E-state index contributed by atoms with van der Waals surface area (Å²) in [5.41, 5.74) is 4.63. The highest BCUT2D eigenvalue weighted by Crippen LogP contribution is 2.44. The molecule has 0 saturated heterocycles. The summed E-state index contributed by atoms with van der Waals surface area (Å²) >= 11 is 0. The highest BCUT2D eigenvalue weighted by atomic mass is 16.5. The lowest BCUT2D eigenvalue weighted by Crippen LogP contribution is -2.43. The first-order valence-electron chi connectivity index (χ1n) is 12.3. The number of amides is 2. The normalized spacial score (nSPS) is 14.2. The number of aliphatic carboxylic acids is 1. The van der Waals surface area contributed by atoms with E-state index in [1.165, 1.54) is 11.1 Å². The number of carboxylic acid groups (broad SMARTS) is 1. The fourth-order valence-corrected chi connectivity index (χ4v) is 4.59. The SMILES string of the molecule is CC(C)C[C@H](NC(=O)CC(CNC(=O)OCC1c2ccccc2-c2ccccc21)C(C)C)C(=O)O. The van der Waals surface area contributed by atoms with E-state index in [9.17, 15) is 19.5 Å². The lowest BCUT2D eigenvalue weighted by molar-refractivity contribution is -0.142. The third-order valence-electron chi connectivity index (χ3n) is 6.58. The lowest BCUT2D eigenvalue weighted by atomic mass is 9.92. The van der Waals surface area contributed by atoms with Crippen LogP contribution in [0.15, 0.2) is 48.5 Å². The quantitative estimate of drug-likeness (QED) is 0.428. The van der Waals surface area contributed by atoms with Crippen molar-refractivity contribution in [1.29, 1.82) is 0 Å². The minimum absolute atomic E-state index is 0.0197. The van der Waals surface area contributed by atoms with Crippen LogP contribution in [0.5, 0.6) is 0 Å². The Morgan fingerprint density at radius 1 is 0.943 bits per heavy atom. The fraction of sp³-hybridized carbons (Fsp3) is 0.464. The number of rotatable bonds is 11. The summed E-state index contributed by atoms with van der Waals surface area (Å²) in [6.45, 7) is 8.26. The third-order valence-corrected chi connectivity index (χ3v) is 6.58. The van der Waals surface area contributed by atoms with Crippen LogP contribution in [-0.2, 0) is 14.3 Å². The Morgan fingerprint density at radius 2 is 1.51 bits per heavy atom. The second-order valence-corrected chi connectivity index (χ2v) is 10.0. The molecule has 0 radical (unpaired) electrons. The average Bonchev–Trinajstić information content (AvgIpc) is 3.13. The number of ether oxygens (including phenoxy) is 1. The Bertz CT molecular complexity index is 1000. The smallest absolute Gasteiger partial charge is 0.407 e. The maximum Gasteiger partial charge on any atom is 0.407 e. The molecular formula is C28H36N2O5. The van der Waals surface area contributed by atoms with Gasteiger partial charge in [-0.3, -0.25) is 4.79 Å². The van der Waals surface area contributed by atoms with Crippen molar-refractivity contribution in [3.8, 4) is 11.1 Å². The molecule has 2 aromatic carbocycles. The Hall–Kier alpha value is -3.35. The first-order chi connectivity index (χ1) is 16.7. The number of hydrogen-bond donors (Lipinski definition) is 3. The molecule has 2 amide bonds. The van der Waals surface area contributed by atoms with E-state index in [4.69, 9.17) is 4.74 Å². The van der Waals surface area contributed by atoms with Crippen molar-refractivity contribution in [3.63, 3.8) is 0 Å². The van der Waals surface area contributed by atoms with E-state index in [0.717, 1.165) is 11.1 Å². The molecule has 2 aromatic rings. The summed E-state index contributed by atoms with van der Waals surface area (Å²) in [7, 11) is 0. The van der Waals surface area contributed by atoms with Gasteiger partial charge in [-0.2, -0.15) is 0 Å². The molecule has 1 aliphatic rings. The molecule has 0 fully saturated rings. The Balaban J connectivity index is 1.53. The minimum atomic E-state index is -1.04. The summed E-state index contributed by atoms with van der Waals surface area (Å²) in [4.78, 5) is 36.5. The van der Waals surface area contributed by atoms with Crippen molar-refractivity contribution in [2.75, 3.05) is 13.2 Å². The maximum absolute atomic E-state index is 12.5. The first-order valence-corrected chi connectivity index (χ1v) is 12.3. The van der Waals surface area contributed by atoms with Crippen LogP contribution in [0.3, 0.4) is 0 Å². The van der Waals surface area contributed by atoms with E-state index in [0.29, 0.717) is 6.42 Å². The second kappa shape index (κ2) is 11.9. The Kier molecular flexibility index (Phi) is 8.90. The molecule has 0 spiro atoms. The molecule has 7 nitrogen and oxygen atoms in total. The molecule has 0 heterocycles. The van der Waals surface area contributed by atoms with Crippen LogP contribution >= 0.6 is 0 Å². The van der Waals surface area contributed by atoms with Crippen molar-refractivity contribution in [3.05, 3.63) is 59.7 Å². The van der Waals surface area contributed by atoms with Crippen LogP contribution in [0.2, 0.25) is 0 Å². The Morgan fingerprint density at radius 3 is 2.03 bits per heavy atom. The van der Waals surface area contributed by atoms with E-state index in [1.807, 2.05) is 52.0 Å². The van der Waals surface area contributed by atoms with Gasteiger partial charge in [0.15, 0.2) is 0 Å². The van der Waals surface area contributed by atoms with Gasteiger partial charge in [0.05, 0.1) is 0 Å². The van der Waals surface area contributed by atoms with Crippen LogP contribution < -0.4 is 10.6 Å². The molecule has 2 atom stereocenters. The molecule has 7 heteroatoms. The van der Waals surface area contributed by atoms with Crippen molar-refractivity contribution >= 4 is 18.0 Å². The summed E-state index contributed by atoms with van der Waals surface area (Å²) in [6, 6.07) is 15.4. The largest absolute Gasteiger partial charge is 0.480 e. The number of carboxylic acids is 1. The molecule has 3 N–H and O–H groups in total. The highest BCUT2D eigenvalue weighted by Gasteiger charge is 2.29. The van der Waals surface area contributed by atoms with Gasteiger partial charge in [-0.15, -0.1) is 0 Å². The second-order valence-electron chi connectivity index (χ2n) is 10.0. The van der Waals surface area contributed by atoms with E-state index in [2.05, 4.69) is 34.9 Å². The van der Waals surface area contributed by atoms with Crippen LogP contribution in [-0.4, -0.2) is 42.3 Å². The Labute approximate surface area is 207 Å². The van der Waals surface area contributed by atoms with Gasteiger partial charge in [-0.05, 0) is 46.4 Å². The van der Waals surface area contributed by atoms with Gasteiger partial charge in [-0.25, -0.2) is 9.59 Å². The molecule has 0 aromatic heterocycles. The number of fused-ring (bicyclic) bond motifs is 3. The zero-order valence-electron chi connectivity index (χ0n) is 20.9. The van der Waals surface area contributed by atoms with Crippen molar-refractivity contribution < 1.29 is 24.2 Å². The van der Waals surface area contributed by atoms with Gasteiger partial charge in [0.1, 0.15) is 12.6 Å². The molecule has 0 saturated carbocycles. The summed E-state index contributed by atoms with van der Waals surface area (Å²) < 4.78 is 5.59. The zero-order valence-corrected chi connectivity index (χ0v) is 20.9. The minimum Gasteiger partial charge on any atom is -0.480 e. The van der Waals surface area contributed by atoms with E-state index < -0.39 is 18.1 Å². The third kappa shape index (κ3) is 6.84. The molecule has 1 unspecified atom stereocenters. The highest BCUT2D eigenvalue weighted by molar-refractivity contribution is 5.83. The molecule has 0 bridgehead atoms. The van der Waals surface area contributed by atoms with E-state index in [1.54, 1.807) is 0 Å². The monoisotopic (exact) mass is 480 g/mol. The van der Waals surface area contributed by atoms with Crippen LogP contribution in [0.4, 0.5) is 4.79 Å². The number of benzene rings is 2. The lowest BCUT2D eigenvalue weighted by Gasteiger charge is -2.23. The van der Waals surface area contributed by atoms with Crippen molar-refractivity contribution in [2.24, 2.45) is 17.8 Å². The van der Waals surface area contributed by atoms with Gasteiger partial charge in [0.25, 0.3) is 0 Å². The molecule has 1 aliphatic carbocycles. The number of nitrogens with one attached hydrogen (secondary N) is 2. The summed E-state index contributed by atoms with van der Waals surface area (Å²) in [5.74, 6) is -1.27. The van der Waals surface area contributed by atoms with Crippen molar-refractivity contribution in [1.82, 2.24) is 10.6 Å². The molecule has 188 valence electrons. The van der Waals surface area contributed by atoms with Crippen LogP contribution in [0.25, 0.3) is 11.1 Å². The first kappa shape index (κ1) is 26.3. The maximum atomic E-state index is 12.5. The van der Waals surface area contributed by atoms with Gasteiger partial charge in [0, 0.05) is 18.9 Å². The molecule has 0 aliphatic heterocycles. The van der Waals surface area contributed by atoms with E-state index >= 15 is 0 Å². The number of hydrogen-bond acceptors (Lipinski definition) is 4. The number of carbonyl (C=O) groups excluding carboxylic acids is 2. The number of carbonyl (C=O) groups is 3. The summed E-state index contributed by atoms with van der Waals surface area (Å²) in [6.07, 6.45) is -0.0321. The molecule has 35 heavy (non-hydrogen) atoms. The van der Waals surface area contributed by atoms with Gasteiger partial charge < -0.3 is 20.5 Å². The molecular weight excluding hydrogens is 444 g/mol. The van der Waals surface area contributed by atoms with E-state index in [-0.39, 0.29) is 49.2 Å². The predicted octanol–water partition coefficient (Wildman–Crippen LogP) is 4.80. The van der Waals surface area contributed by atoms with Gasteiger partial charge >= 0.3 is 12.1 Å². The van der Waals surface area contributed by atoms with Gasteiger partial charge in [0.2, 0.25) is 5.91 Å². The standard InChI is InChI=1S/C28H36N2O5/c1-17(2)13-25(27(32)33)30-26(31)14-19(18(3)4)15-29-28(34)35-16-24-22-11-7-5-9-20(22)21-10-6-8-12-23(21)24/h5-12,17-19,24-25H,13-16H2,1-4H3,(H,29,34)(H,30,31)(H,32,33)/t19?,25-/m0/s1. The fourth-order valence-electron chi connectivity index (χ4n) is 4.59. The average molecular weight is 481 g/mol. The molecule has 3 rings (SSSR count). The predicted molar refractivity (Wildman–Crippen MR) is 135 cm³/mol. The van der Waals surface area contributed by atoms with Crippen LogP contribution in [0, 0.1) is 17.8 Å².